The number of nitrogens with one attached hydrogen (secondary N) is 1. The molecule has 1 heterocycles. The summed E-state index contributed by atoms with van der Waals surface area (Å²) in [7, 11) is 0. The number of hydrogen-bond donors (Lipinski definition) is 1. The second-order valence-corrected chi connectivity index (χ2v) is 7.51. The van der Waals surface area contributed by atoms with Crippen molar-refractivity contribution in [2.24, 2.45) is 5.92 Å². The van der Waals surface area contributed by atoms with Gasteiger partial charge in [0.2, 0.25) is 0 Å². The monoisotopic (exact) mass is 458 g/mol. The number of carbonyl (C=O) groups excluding carboxylic acids is 1. The SMILES string of the molecule is O=C(NCC1CCN(c2ccc(F)cc2)C1)c1ccc(Cl)cc1I. The first-order chi connectivity index (χ1) is 11.5. The van der Waals surface area contributed by atoms with Gasteiger partial charge < -0.3 is 10.2 Å². The minimum atomic E-state index is -0.223. The summed E-state index contributed by atoms with van der Waals surface area (Å²) in [5.74, 6) is 0.0968. The minimum Gasteiger partial charge on any atom is -0.371 e. The molecule has 0 spiro atoms. The Hall–Kier alpha value is -1.34. The van der Waals surface area contributed by atoms with E-state index in [-0.39, 0.29) is 11.7 Å². The summed E-state index contributed by atoms with van der Waals surface area (Å²) in [6.45, 7) is 2.42. The van der Waals surface area contributed by atoms with Crippen LogP contribution in [0.25, 0.3) is 0 Å². The molecule has 2 aromatic rings. The summed E-state index contributed by atoms with van der Waals surface area (Å²) in [4.78, 5) is 14.5. The van der Waals surface area contributed by atoms with Crippen molar-refractivity contribution < 1.29 is 9.18 Å². The van der Waals surface area contributed by atoms with Crippen LogP contribution in [0.3, 0.4) is 0 Å². The van der Waals surface area contributed by atoms with E-state index in [1.807, 2.05) is 0 Å². The number of rotatable bonds is 4. The van der Waals surface area contributed by atoms with Crippen molar-refractivity contribution in [3.05, 3.63) is 62.4 Å². The maximum atomic E-state index is 13.0. The predicted octanol–water partition coefficient (Wildman–Crippen LogP) is 4.34. The fourth-order valence-electron chi connectivity index (χ4n) is 2.89. The van der Waals surface area contributed by atoms with Gasteiger partial charge >= 0.3 is 0 Å². The van der Waals surface area contributed by atoms with E-state index < -0.39 is 0 Å². The first-order valence-corrected chi connectivity index (χ1v) is 9.22. The zero-order chi connectivity index (χ0) is 17.1. The van der Waals surface area contributed by atoms with Gasteiger partial charge in [-0.05, 0) is 77.4 Å². The number of anilines is 1. The lowest BCUT2D eigenvalue weighted by Crippen LogP contribution is -2.31. The van der Waals surface area contributed by atoms with Crippen LogP contribution < -0.4 is 10.2 Å². The van der Waals surface area contributed by atoms with Crippen LogP contribution in [0.15, 0.2) is 42.5 Å². The van der Waals surface area contributed by atoms with Crippen LogP contribution in [-0.4, -0.2) is 25.5 Å². The van der Waals surface area contributed by atoms with Crippen LogP contribution >= 0.6 is 34.2 Å². The van der Waals surface area contributed by atoms with Gasteiger partial charge in [-0.3, -0.25) is 4.79 Å². The molecule has 3 rings (SSSR count). The molecule has 24 heavy (non-hydrogen) atoms. The quantitative estimate of drug-likeness (QED) is 0.692. The molecule has 2 aromatic carbocycles. The van der Waals surface area contributed by atoms with E-state index in [4.69, 9.17) is 11.6 Å². The standard InChI is InChI=1S/C18H17ClFIN2O/c19-13-1-6-16(17(21)9-13)18(24)22-10-12-7-8-23(11-12)15-4-2-14(20)3-5-15/h1-6,9,12H,7-8,10-11H2,(H,22,24). The lowest BCUT2D eigenvalue weighted by molar-refractivity contribution is 0.0947. The molecule has 1 aliphatic heterocycles. The van der Waals surface area contributed by atoms with Gasteiger partial charge in [0.1, 0.15) is 5.82 Å². The van der Waals surface area contributed by atoms with E-state index in [0.29, 0.717) is 23.0 Å². The fraction of sp³-hybridized carbons (Fsp3) is 0.278. The highest BCUT2D eigenvalue weighted by Gasteiger charge is 2.23. The van der Waals surface area contributed by atoms with Crippen molar-refractivity contribution in [1.82, 2.24) is 5.32 Å². The second-order valence-electron chi connectivity index (χ2n) is 5.91. The number of hydrogen-bond acceptors (Lipinski definition) is 2. The van der Waals surface area contributed by atoms with Crippen LogP contribution in [0.5, 0.6) is 0 Å². The largest absolute Gasteiger partial charge is 0.371 e. The molecule has 1 aliphatic rings. The van der Waals surface area contributed by atoms with E-state index in [1.54, 1.807) is 30.3 Å². The molecule has 1 saturated heterocycles. The average molecular weight is 459 g/mol. The van der Waals surface area contributed by atoms with E-state index in [2.05, 4.69) is 32.8 Å². The third-order valence-corrected chi connectivity index (χ3v) is 5.33. The highest BCUT2D eigenvalue weighted by molar-refractivity contribution is 14.1. The number of nitrogens with zero attached hydrogens (tertiary/aromatic N) is 1. The van der Waals surface area contributed by atoms with Gasteiger partial charge in [0.15, 0.2) is 0 Å². The summed E-state index contributed by atoms with van der Waals surface area (Å²) >= 11 is 8.04. The van der Waals surface area contributed by atoms with E-state index in [1.165, 1.54) is 12.1 Å². The zero-order valence-electron chi connectivity index (χ0n) is 12.9. The molecule has 1 amide bonds. The van der Waals surface area contributed by atoms with Crippen molar-refractivity contribution >= 4 is 45.8 Å². The number of amides is 1. The molecule has 0 radical (unpaired) electrons. The van der Waals surface area contributed by atoms with E-state index >= 15 is 0 Å². The van der Waals surface area contributed by atoms with Crippen LogP contribution in [0, 0.1) is 15.3 Å². The normalized spacial score (nSPS) is 17.1. The summed E-state index contributed by atoms with van der Waals surface area (Å²) in [6.07, 6.45) is 1.01. The Balaban J connectivity index is 1.54. The molecular formula is C18H17ClFIN2O. The van der Waals surface area contributed by atoms with Crippen LogP contribution in [0.1, 0.15) is 16.8 Å². The van der Waals surface area contributed by atoms with Gasteiger partial charge in [0.25, 0.3) is 5.91 Å². The molecule has 126 valence electrons. The van der Waals surface area contributed by atoms with Crippen molar-refractivity contribution in [3.63, 3.8) is 0 Å². The number of benzene rings is 2. The Morgan fingerprint density at radius 3 is 2.75 bits per heavy atom. The Bertz CT molecular complexity index is 738. The van der Waals surface area contributed by atoms with Gasteiger partial charge in [-0.1, -0.05) is 11.6 Å². The minimum absolute atomic E-state index is 0.0729. The van der Waals surface area contributed by atoms with Crippen molar-refractivity contribution in [2.75, 3.05) is 24.5 Å². The molecule has 1 N–H and O–H groups in total. The first kappa shape index (κ1) is 17.5. The maximum absolute atomic E-state index is 13.0. The molecule has 1 unspecified atom stereocenters. The van der Waals surface area contributed by atoms with Crippen molar-refractivity contribution in [1.29, 1.82) is 0 Å². The molecule has 6 heteroatoms. The topological polar surface area (TPSA) is 32.3 Å². The lowest BCUT2D eigenvalue weighted by atomic mass is 10.1. The molecule has 3 nitrogen and oxygen atoms in total. The highest BCUT2D eigenvalue weighted by atomic mass is 127. The third-order valence-electron chi connectivity index (χ3n) is 4.20. The van der Waals surface area contributed by atoms with Gasteiger partial charge in [-0.25, -0.2) is 4.39 Å². The molecule has 1 fully saturated rings. The molecular weight excluding hydrogens is 442 g/mol. The Morgan fingerprint density at radius 1 is 1.29 bits per heavy atom. The van der Waals surface area contributed by atoms with Gasteiger partial charge in [-0.15, -0.1) is 0 Å². The maximum Gasteiger partial charge on any atom is 0.252 e. The summed E-state index contributed by atoms with van der Waals surface area (Å²) in [5, 5.41) is 3.64. The highest BCUT2D eigenvalue weighted by Crippen LogP contribution is 2.24. The van der Waals surface area contributed by atoms with Crippen LogP contribution in [0.4, 0.5) is 10.1 Å². The smallest absolute Gasteiger partial charge is 0.252 e. The van der Waals surface area contributed by atoms with Gasteiger partial charge in [0.05, 0.1) is 5.56 Å². The zero-order valence-corrected chi connectivity index (χ0v) is 15.9. The number of carbonyl (C=O) groups is 1. The Morgan fingerprint density at radius 2 is 2.04 bits per heavy atom. The van der Waals surface area contributed by atoms with E-state index in [9.17, 15) is 9.18 Å². The fourth-order valence-corrected chi connectivity index (χ4v) is 4.01. The molecule has 0 aliphatic carbocycles. The van der Waals surface area contributed by atoms with Crippen molar-refractivity contribution in [2.45, 2.75) is 6.42 Å². The van der Waals surface area contributed by atoms with Crippen LogP contribution in [-0.2, 0) is 0 Å². The second kappa shape index (κ2) is 7.70. The van der Waals surface area contributed by atoms with Gasteiger partial charge in [0, 0.05) is 33.9 Å². The Kier molecular flexibility index (Phi) is 5.61. The number of halogens is 3. The summed E-state index contributed by atoms with van der Waals surface area (Å²) in [6, 6.07) is 11.8. The van der Waals surface area contributed by atoms with Crippen LogP contribution in [0.2, 0.25) is 5.02 Å². The Labute approximate surface area is 159 Å². The molecule has 1 atom stereocenters. The third kappa shape index (κ3) is 4.19. The molecule has 0 bridgehead atoms. The lowest BCUT2D eigenvalue weighted by Gasteiger charge is -2.19. The average Bonchev–Trinajstić information content (AvgIpc) is 3.02. The predicted molar refractivity (Wildman–Crippen MR) is 103 cm³/mol. The molecule has 0 saturated carbocycles. The summed E-state index contributed by atoms with van der Waals surface area (Å²) < 4.78 is 13.8. The molecule has 0 aromatic heterocycles. The first-order valence-electron chi connectivity index (χ1n) is 7.76. The summed E-state index contributed by atoms with van der Waals surface area (Å²) in [5.41, 5.74) is 1.67. The van der Waals surface area contributed by atoms with Crippen molar-refractivity contribution in [3.8, 4) is 0 Å². The van der Waals surface area contributed by atoms with Gasteiger partial charge in [-0.2, -0.15) is 0 Å². The van der Waals surface area contributed by atoms with E-state index in [0.717, 1.165) is 28.8 Å².